The minimum atomic E-state index is -0.315. The zero-order valence-electron chi connectivity index (χ0n) is 7.92. The Balaban J connectivity index is 2.22. The van der Waals surface area contributed by atoms with E-state index in [-0.39, 0.29) is 17.3 Å². The van der Waals surface area contributed by atoms with E-state index in [0.717, 1.165) is 18.7 Å². The van der Waals surface area contributed by atoms with Crippen molar-refractivity contribution in [3.8, 4) is 0 Å². The topological polar surface area (TPSA) is 83.8 Å². The number of anilines is 1. The van der Waals surface area contributed by atoms with E-state index >= 15 is 0 Å². The van der Waals surface area contributed by atoms with Crippen LogP contribution < -0.4 is 16.6 Å². The maximum Gasteiger partial charge on any atom is 0.287 e. The predicted octanol–water partition coefficient (Wildman–Crippen LogP) is 0.167. The molecule has 1 fully saturated rings. The van der Waals surface area contributed by atoms with Crippen LogP contribution in [-0.2, 0) is 0 Å². The normalized spacial score (nSPS) is 22.1. The zero-order chi connectivity index (χ0) is 9.97. The Kier molecular flexibility index (Phi) is 2.49. The molecule has 1 unspecified atom stereocenters. The van der Waals surface area contributed by atoms with Gasteiger partial charge in [0.15, 0.2) is 0 Å². The number of rotatable bonds is 1. The number of nitrogens with zero attached hydrogens (tertiary/aromatic N) is 1. The summed E-state index contributed by atoms with van der Waals surface area (Å²) in [6, 6.07) is 1.89. The second-order valence-corrected chi connectivity index (χ2v) is 3.58. The molecule has 2 rings (SSSR count). The number of hydrogen-bond acceptors (Lipinski definition) is 4. The summed E-state index contributed by atoms with van der Waals surface area (Å²) in [6.07, 6.45) is 3.45. The Morgan fingerprint density at radius 1 is 1.50 bits per heavy atom. The maximum atomic E-state index is 11.0. The molecule has 2 heterocycles. The summed E-state index contributed by atoms with van der Waals surface area (Å²) < 4.78 is 0. The van der Waals surface area contributed by atoms with Gasteiger partial charge in [0.2, 0.25) is 0 Å². The zero-order valence-corrected chi connectivity index (χ0v) is 7.92. The van der Waals surface area contributed by atoms with Crippen LogP contribution in [0.4, 0.5) is 5.69 Å². The fraction of sp³-hybridized carbons (Fsp3) is 0.556. The van der Waals surface area contributed by atoms with E-state index < -0.39 is 0 Å². The molecule has 0 amide bonds. The molecule has 1 atom stereocenters. The molecule has 0 aromatic carbocycles. The Labute approximate surface area is 81.7 Å². The van der Waals surface area contributed by atoms with E-state index in [1.807, 2.05) is 0 Å². The van der Waals surface area contributed by atoms with Crippen molar-refractivity contribution in [3.05, 3.63) is 22.1 Å². The van der Waals surface area contributed by atoms with Gasteiger partial charge in [-0.3, -0.25) is 4.79 Å². The van der Waals surface area contributed by atoms with Crippen molar-refractivity contribution >= 4 is 5.69 Å². The van der Waals surface area contributed by atoms with E-state index in [2.05, 4.69) is 15.5 Å². The number of nitrogen functional groups attached to an aromatic ring is 1. The van der Waals surface area contributed by atoms with Gasteiger partial charge in [-0.2, -0.15) is 5.10 Å². The Morgan fingerprint density at radius 3 is 3.00 bits per heavy atom. The smallest absolute Gasteiger partial charge is 0.287 e. The molecule has 0 saturated carbocycles. The second kappa shape index (κ2) is 3.79. The number of H-pyrrole nitrogens is 1. The molecular formula is C9H14N4O. The highest BCUT2D eigenvalue weighted by Gasteiger charge is 2.16. The largest absolute Gasteiger partial charge is 0.394 e. The standard InChI is InChI=1S/C9H14N4O/c10-6-5-8(12-13-9(6)14)7-3-1-2-4-11-7/h5,7,11H,1-4H2,(H2,10,12)(H,13,14). The lowest BCUT2D eigenvalue weighted by Crippen LogP contribution is -2.29. The van der Waals surface area contributed by atoms with E-state index in [0.29, 0.717) is 0 Å². The highest BCUT2D eigenvalue weighted by atomic mass is 16.1. The summed E-state index contributed by atoms with van der Waals surface area (Å²) in [6.45, 7) is 1.01. The first-order valence-corrected chi connectivity index (χ1v) is 4.86. The maximum absolute atomic E-state index is 11.0. The van der Waals surface area contributed by atoms with Gasteiger partial charge in [0.05, 0.1) is 11.7 Å². The van der Waals surface area contributed by atoms with Gasteiger partial charge in [0, 0.05) is 0 Å². The fourth-order valence-electron chi connectivity index (χ4n) is 1.72. The van der Waals surface area contributed by atoms with Crippen molar-refractivity contribution in [2.24, 2.45) is 0 Å². The van der Waals surface area contributed by atoms with Crippen LogP contribution in [0.3, 0.4) is 0 Å². The number of piperidine rings is 1. The molecule has 1 aromatic rings. The Hall–Kier alpha value is -1.36. The van der Waals surface area contributed by atoms with Crippen LogP contribution in [0.2, 0.25) is 0 Å². The minimum Gasteiger partial charge on any atom is -0.394 e. The number of nitrogens with one attached hydrogen (secondary N) is 2. The molecule has 1 saturated heterocycles. The van der Waals surface area contributed by atoms with E-state index in [9.17, 15) is 4.79 Å². The van der Waals surface area contributed by atoms with Crippen LogP contribution in [0, 0.1) is 0 Å². The summed E-state index contributed by atoms with van der Waals surface area (Å²) in [5, 5.41) is 9.72. The van der Waals surface area contributed by atoms with Crippen LogP contribution in [0.25, 0.3) is 0 Å². The van der Waals surface area contributed by atoms with Crippen molar-refractivity contribution in [2.45, 2.75) is 25.3 Å². The average Bonchev–Trinajstić information content (AvgIpc) is 2.23. The number of aromatic nitrogens is 2. The first kappa shape index (κ1) is 9.21. The Bertz CT molecular complexity index is 367. The van der Waals surface area contributed by atoms with Gasteiger partial charge in [0.1, 0.15) is 5.69 Å². The molecule has 0 aliphatic carbocycles. The van der Waals surface area contributed by atoms with Gasteiger partial charge in [0.25, 0.3) is 5.56 Å². The van der Waals surface area contributed by atoms with E-state index in [4.69, 9.17) is 5.73 Å². The van der Waals surface area contributed by atoms with Crippen LogP contribution in [0.5, 0.6) is 0 Å². The van der Waals surface area contributed by atoms with Crippen molar-refractivity contribution in [1.29, 1.82) is 0 Å². The van der Waals surface area contributed by atoms with Gasteiger partial charge in [-0.15, -0.1) is 0 Å². The molecule has 14 heavy (non-hydrogen) atoms. The van der Waals surface area contributed by atoms with Crippen LogP contribution >= 0.6 is 0 Å². The van der Waals surface area contributed by atoms with E-state index in [1.54, 1.807) is 6.07 Å². The average molecular weight is 194 g/mol. The first-order valence-electron chi connectivity index (χ1n) is 4.86. The Morgan fingerprint density at radius 2 is 2.36 bits per heavy atom. The number of nitrogens with two attached hydrogens (primary N) is 1. The van der Waals surface area contributed by atoms with Crippen molar-refractivity contribution in [1.82, 2.24) is 15.5 Å². The SMILES string of the molecule is Nc1cc(C2CCCCN2)n[nH]c1=O. The highest BCUT2D eigenvalue weighted by Crippen LogP contribution is 2.20. The fourth-order valence-corrected chi connectivity index (χ4v) is 1.72. The van der Waals surface area contributed by atoms with Crippen molar-refractivity contribution in [3.63, 3.8) is 0 Å². The molecule has 76 valence electrons. The molecule has 1 aromatic heterocycles. The summed E-state index contributed by atoms with van der Waals surface area (Å²) >= 11 is 0. The van der Waals surface area contributed by atoms with Gasteiger partial charge < -0.3 is 11.1 Å². The lowest BCUT2D eigenvalue weighted by Gasteiger charge is -2.22. The predicted molar refractivity (Wildman–Crippen MR) is 53.9 cm³/mol. The third-order valence-corrected chi connectivity index (χ3v) is 2.52. The van der Waals surface area contributed by atoms with Gasteiger partial charge in [-0.05, 0) is 25.5 Å². The van der Waals surface area contributed by atoms with Gasteiger partial charge in [-0.1, -0.05) is 6.42 Å². The third kappa shape index (κ3) is 1.77. The van der Waals surface area contributed by atoms with Crippen LogP contribution in [-0.4, -0.2) is 16.7 Å². The molecule has 5 nitrogen and oxygen atoms in total. The molecule has 0 radical (unpaired) electrons. The summed E-state index contributed by atoms with van der Waals surface area (Å²) in [7, 11) is 0. The summed E-state index contributed by atoms with van der Waals surface area (Å²) in [5.41, 5.74) is 6.27. The molecule has 4 N–H and O–H groups in total. The second-order valence-electron chi connectivity index (χ2n) is 3.58. The number of hydrogen-bond donors (Lipinski definition) is 3. The van der Waals surface area contributed by atoms with Gasteiger partial charge >= 0.3 is 0 Å². The van der Waals surface area contributed by atoms with Crippen LogP contribution in [0.15, 0.2) is 10.9 Å². The highest BCUT2D eigenvalue weighted by molar-refractivity contribution is 5.35. The molecule has 0 bridgehead atoms. The van der Waals surface area contributed by atoms with Gasteiger partial charge in [-0.25, -0.2) is 5.10 Å². The lowest BCUT2D eigenvalue weighted by atomic mass is 10.0. The minimum absolute atomic E-state index is 0.238. The molecule has 1 aliphatic heterocycles. The van der Waals surface area contributed by atoms with Crippen molar-refractivity contribution < 1.29 is 0 Å². The summed E-state index contributed by atoms with van der Waals surface area (Å²) in [5.74, 6) is 0. The molecule has 1 aliphatic rings. The summed E-state index contributed by atoms with van der Waals surface area (Å²) in [4.78, 5) is 11.0. The molecular weight excluding hydrogens is 180 g/mol. The molecule has 5 heteroatoms. The molecule has 0 spiro atoms. The number of aromatic amines is 1. The van der Waals surface area contributed by atoms with Crippen LogP contribution in [0.1, 0.15) is 31.0 Å². The lowest BCUT2D eigenvalue weighted by molar-refractivity contribution is 0.402. The monoisotopic (exact) mass is 194 g/mol. The van der Waals surface area contributed by atoms with Crippen molar-refractivity contribution in [2.75, 3.05) is 12.3 Å². The van der Waals surface area contributed by atoms with E-state index in [1.165, 1.54) is 12.8 Å². The third-order valence-electron chi connectivity index (χ3n) is 2.52. The quantitative estimate of drug-likeness (QED) is 0.595. The first-order chi connectivity index (χ1) is 6.77.